The predicted octanol–water partition coefficient (Wildman–Crippen LogP) is 3.38. The van der Waals surface area contributed by atoms with Crippen molar-refractivity contribution in [2.45, 2.75) is 19.4 Å². The first-order chi connectivity index (χ1) is 7.58. The van der Waals surface area contributed by atoms with Crippen molar-refractivity contribution in [2.24, 2.45) is 0 Å². The summed E-state index contributed by atoms with van der Waals surface area (Å²) in [5.74, 6) is -0.731. The standard InChI is InChI=1S/C11H12BrClFNO/c1-2-8(6-12)15-11(16)9-4-3-7(14)5-10(9)13/h3-5,8H,2,6H2,1H3,(H,15,16). The van der Waals surface area contributed by atoms with E-state index in [0.29, 0.717) is 10.9 Å². The molecule has 1 amide bonds. The molecule has 88 valence electrons. The summed E-state index contributed by atoms with van der Waals surface area (Å²) in [4.78, 5) is 11.8. The lowest BCUT2D eigenvalue weighted by atomic mass is 10.2. The van der Waals surface area contributed by atoms with E-state index < -0.39 is 5.82 Å². The summed E-state index contributed by atoms with van der Waals surface area (Å²) in [6.45, 7) is 1.97. The summed E-state index contributed by atoms with van der Waals surface area (Å²) >= 11 is 9.08. The summed E-state index contributed by atoms with van der Waals surface area (Å²) in [6.07, 6.45) is 0.815. The number of alkyl halides is 1. The number of hydrogen-bond acceptors (Lipinski definition) is 1. The van der Waals surface area contributed by atoms with Crippen LogP contribution in [0.15, 0.2) is 18.2 Å². The maximum Gasteiger partial charge on any atom is 0.253 e. The van der Waals surface area contributed by atoms with Gasteiger partial charge in [0.1, 0.15) is 5.82 Å². The summed E-state index contributed by atoms with van der Waals surface area (Å²) < 4.78 is 12.8. The third-order valence-corrected chi connectivity index (χ3v) is 3.28. The molecule has 0 bridgehead atoms. The quantitative estimate of drug-likeness (QED) is 0.849. The second-order valence-electron chi connectivity index (χ2n) is 3.36. The number of nitrogens with one attached hydrogen (secondary N) is 1. The third-order valence-electron chi connectivity index (χ3n) is 2.19. The minimum atomic E-state index is -0.450. The van der Waals surface area contributed by atoms with Gasteiger partial charge in [0.15, 0.2) is 0 Å². The molecule has 1 unspecified atom stereocenters. The molecule has 5 heteroatoms. The zero-order chi connectivity index (χ0) is 12.1. The molecular weight excluding hydrogens is 296 g/mol. The maximum atomic E-state index is 12.8. The van der Waals surface area contributed by atoms with Crippen molar-refractivity contribution in [3.05, 3.63) is 34.6 Å². The van der Waals surface area contributed by atoms with E-state index in [1.165, 1.54) is 12.1 Å². The summed E-state index contributed by atoms with van der Waals surface area (Å²) in [6, 6.07) is 3.78. The highest BCUT2D eigenvalue weighted by molar-refractivity contribution is 9.09. The Kier molecular flexibility index (Phi) is 5.22. The van der Waals surface area contributed by atoms with E-state index >= 15 is 0 Å². The van der Waals surface area contributed by atoms with Crippen molar-refractivity contribution >= 4 is 33.4 Å². The van der Waals surface area contributed by atoms with E-state index in [0.717, 1.165) is 12.5 Å². The van der Waals surface area contributed by atoms with E-state index in [-0.39, 0.29) is 17.0 Å². The fourth-order valence-corrected chi connectivity index (χ4v) is 2.06. The number of benzene rings is 1. The first kappa shape index (κ1) is 13.5. The van der Waals surface area contributed by atoms with Gasteiger partial charge in [-0.3, -0.25) is 4.79 Å². The normalized spacial score (nSPS) is 12.2. The van der Waals surface area contributed by atoms with Gasteiger partial charge < -0.3 is 5.32 Å². The van der Waals surface area contributed by atoms with Gasteiger partial charge in [0.2, 0.25) is 0 Å². The van der Waals surface area contributed by atoms with Gasteiger partial charge in [0.25, 0.3) is 5.91 Å². The van der Waals surface area contributed by atoms with Gasteiger partial charge in [-0.05, 0) is 24.6 Å². The molecule has 16 heavy (non-hydrogen) atoms. The van der Waals surface area contributed by atoms with Crippen LogP contribution in [-0.2, 0) is 0 Å². The predicted molar refractivity (Wildman–Crippen MR) is 66.7 cm³/mol. The van der Waals surface area contributed by atoms with E-state index in [1.807, 2.05) is 6.92 Å². The van der Waals surface area contributed by atoms with Crippen molar-refractivity contribution in [3.63, 3.8) is 0 Å². The largest absolute Gasteiger partial charge is 0.348 e. The summed E-state index contributed by atoms with van der Waals surface area (Å²) in [7, 11) is 0. The lowest BCUT2D eigenvalue weighted by Gasteiger charge is -2.14. The van der Waals surface area contributed by atoms with Gasteiger partial charge in [-0.15, -0.1) is 0 Å². The highest BCUT2D eigenvalue weighted by Gasteiger charge is 2.14. The molecule has 0 aliphatic carbocycles. The minimum Gasteiger partial charge on any atom is -0.348 e. The molecule has 2 nitrogen and oxygen atoms in total. The molecular formula is C11H12BrClFNO. The van der Waals surface area contributed by atoms with Gasteiger partial charge in [0, 0.05) is 11.4 Å². The lowest BCUT2D eigenvalue weighted by Crippen LogP contribution is -2.35. The Labute approximate surface area is 107 Å². The SMILES string of the molecule is CCC(CBr)NC(=O)c1ccc(F)cc1Cl. The van der Waals surface area contributed by atoms with Gasteiger partial charge in [-0.25, -0.2) is 4.39 Å². The number of halogens is 3. The maximum absolute atomic E-state index is 12.8. The van der Waals surface area contributed by atoms with Crippen LogP contribution in [0.5, 0.6) is 0 Å². The van der Waals surface area contributed by atoms with Crippen LogP contribution in [0.3, 0.4) is 0 Å². The van der Waals surface area contributed by atoms with Gasteiger partial charge in [0.05, 0.1) is 10.6 Å². The van der Waals surface area contributed by atoms with Crippen molar-refractivity contribution in [2.75, 3.05) is 5.33 Å². The van der Waals surface area contributed by atoms with Crippen molar-refractivity contribution < 1.29 is 9.18 Å². The van der Waals surface area contributed by atoms with E-state index in [2.05, 4.69) is 21.2 Å². The Morgan fingerprint density at radius 1 is 1.62 bits per heavy atom. The first-order valence-corrected chi connectivity index (χ1v) is 6.40. The lowest BCUT2D eigenvalue weighted by molar-refractivity contribution is 0.0940. The number of rotatable bonds is 4. The fourth-order valence-electron chi connectivity index (χ4n) is 1.19. The zero-order valence-electron chi connectivity index (χ0n) is 8.77. The van der Waals surface area contributed by atoms with Crippen LogP contribution in [0.1, 0.15) is 23.7 Å². The van der Waals surface area contributed by atoms with Gasteiger partial charge >= 0.3 is 0 Å². The van der Waals surface area contributed by atoms with Crippen LogP contribution in [0.25, 0.3) is 0 Å². The second kappa shape index (κ2) is 6.21. The molecule has 0 aromatic heterocycles. The Balaban J connectivity index is 2.80. The van der Waals surface area contributed by atoms with Crippen LogP contribution in [-0.4, -0.2) is 17.3 Å². The van der Waals surface area contributed by atoms with Crippen molar-refractivity contribution in [1.29, 1.82) is 0 Å². The average molecular weight is 309 g/mol. The van der Waals surface area contributed by atoms with Gasteiger partial charge in [-0.1, -0.05) is 34.5 Å². The second-order valence-corrected chi connectivity index (χ2v) is 4.41. The molecule has 1 atom stereocenters. The molecule has 0 spiro atoms. The summed E-state index contributed by atoms with van der Waals surface area (Å²) in [5, 5.41) is 3.60. The number of carbonyl (C=O) groups excluding carboxylic acids is 1. The molecule has 0 aliphatic rings. The molecule has 1 N–H and O–H groups in total. The number of carbonyl (C=O) groups is 1. The van der Waals surface area contributed by atoms with Gasteiger partial charge in [-0.2, -0.15) is 0 Å². The van der Waals surface area contributed by atoms with E-state index in [4.69, 9.17) is 11.6 Å². The van der Waals surface area contributed by atoms with Crippen LogP contribution < -0.4 is 5.32 Å². The molecule has 1 aromatic carbocycles. The Morgan fingerprint density at radius 3 is 2.81 bits per heavy atom. The molecule has 0 heterocycles. The van der Waals surface area contributed by atoms with Crippen molar-refractivity contribution in [3.8, 4) is 0 Å². The smallest absolute Gasteiger partial charge is 0.253 e. The fraction of sp³-hybridized carbons (Fsp3) is 0.364. The first-order valence-electron chi connectivity index (χ1n) is 4.90. The molecule has 1 aromatic rings. The van der Waals surface area contributed by atoms with E-state index in [1.54, 1.807) is 0 Å². The van der Waals surface area contributed by atoms with Crippen LogP contribution in [0.2, 0.25) is 5.02 Å². The minimum absolute atomic E-state index is 0.0496. The molecule has 0 fully saturated rings. The third kappa shape index (κ3) is 3.46. The topological polar surface area (TPSA) is 29.1 Å². The number of amides is 1. The van der Waals surface area contributed by atoms with Crippen molar-refractivity contribution in [1.82, 2.24) is 5.32 Å². The Hall–Kier alpha value is -0.610. The zero-order valence-corrected chi connectivity index (χ0v) is 11.1. The Bertz CT molecular complexity index is 382. The van der Waals surface area contributed by atoms with Crippen LogP contribution in [0, 0.1) is 5.82 Å². The molecule has 0 saturated carbocycles. The Morgan fingerprint density at radius 2 is 2.31 bits per heavy atom. The monoisotopic (exact) mass is 307 g/mol. The summed E-state index contributed by atoms with van der Waals surface area (Å²) in [5.41, 5.74) is 0.294. The van der Waals surface area contributed by atoms with E-state index in [9.17, 15) is 9.18 Å². The molecule has 0 saturated heterocycles. The molecule has 0 radical (unpaired) electrons. The highest BCUT2D eigenvalue weighted by atomic mass is 79.9. The highest BCUT2D eigenvalue weighted by Crippen LogP contribution is 2.17. The molecule has 0 aliphatic heterocycles. The van der Waals surface area contributed by atoms with Crippen LogP contribution in [0.4, 0.5) is 4.39 Å². The average Bonchev–Trinajstić information content (AvgIpc) is 2.25. The van der Waals surface area contributed by atoms with Crippen LogP contribution >= 0.6 is 27.5 Å². The molecule has 1 rings (SSSR count). The number of hydrogen-bond donors (Lipinski definition) is 1.